The van der Waals surface area contributed by atoms with Gasteiger partial charge in [-0.05, 0) is 102 Å². The van der Waals surface area contributed by atoms with Crippen molar-refractivity contribution in [3.8, 4) is 0 Å². The van der Waals surface area contributed by atoms with E-state index in [-0.39, 0.29) is 168 Å². The minimum absolute atomic E-state index is 0.0169. The highest BCUT2D eigenvalue weighted by molar-refractivity contribution is 7.98. The van der Waals surface area contributed by atoms with Gasteiger partial charge in [-0.15, -0.1) is 0 Å². The number of nitrogens with one attached hydrogen (secondary N) is 9. The summed E-state index contributed by atoms with van der Waals surface area (Å²) < 4.78 is 0. The molecule has 0 aliphatic carbocycles. The molecule has 0 unspecified atom stereocenters. The van der Waals surface area contributed by atoms with Gasteiger partial charge in [-0.3, -0.25) is 101 Å². The van der Waals surface area contributed by atoms with E-state index in [0.29, 0.717) is 57.2 Å². The summed E-state index contributed by atoms with van der Waals surface area (Å²) >= 11 is 1.32. The van der Waals surface area contributed by atoms with E-state index in [0.717, 1.165) is 29.4 Å². The van der Waals surface area contributed by atoms with Crippen LogP contribution in [0.4, 0.5) is 0 Å². The predicted octanol–water partition coefficient (Wildman–Crippen LogP) is -13.4. The lowest BCUT2D eigenvalue weighted by Gasteiger charge is -2.32. The lowest BCUT2D eigenvalue weighted by Crippen LogP contribution is -2.57. The summed E-state index contributed by atoms with van der Waals surface area (Å²) in [5.74, 6) is -15.6. The van der Waals surface area contributed by atoms with E-state index < -0.39 is 291 Å². The van der Waals surface area contributed by atoms with Crippen molar-refractivity contribution in [1.29, 1.82) is 0 Å². The molecule has 50 nitrogen and oxygen atoms in total. The van der Waals surface area contributed by atoms with Gasteiger partial charge in [0.05, 0.1) is 88.0 Å². The number of rotatable bonds is 32. The van der Waals surface area contributed by atoms with Crippen molar-refractivity contribution in [2.45, 2.75) is 256 Å². The van der Waals surface area contributed by atoms with E-state index in [2.05, 4.69) is 47.9 Å². The molecule has 744 valence electrons. The quantitative estimate of drug-likeness (QED) is 0.0297. The number of amides is 20. The largest absolute Gasteiger partial charge is 0.480 e. The molecule has 20 amide bonds. The summed E-state index contributed by atoms with van der Waals surface area (Å²) in [6.07, 6.45) is -4.01. The van der Waals surface area contributed by atoms with Gasteiger partial charge < -0.3 is 148 Å². The van der Waals surface area contributed by atoms with Crippen LogP contribution in [0.2, 0.25) is 0 Å². The molecule has 0 aromatic heterocycles. The number of carboxylic acid groups (broad SMARTS) is 1. The molecule has 21 atom stereocenters. The number of aliphatic hydroxyl groups is 7. The van der Waals surface area contributed by atoms with Gasteiger partial charge in [0.25, 0.3) is 0 Å². The molecule has 0 radical (unpaired) electrons. The Labute approximate surface area is 779 Å². The van der Waals surface area contributed by atoms with E-state index in [1.54, 1.807) is 6.26 Å². The van der Waals surface area contributed by atoms with Gasteiger partial charge in [0.1, 0.15) is 85.1 Å². The second kappa shape index (κ2) is 44.8. The topological polar surface area (TPSA) is 667 Å². The molecule has 13 saturated heterocycles. The average Bonchev–Trinajstić information content (AvgIpc) is 1.69. The van der Waals surface area contributed by atoms with Crippen molar-refractivity contribution < 1.29 is 142 Å². The van der Waals surface area contributed by atoms with E-state index >= 15 is 0 Å². The molecule has 0 saturated carbocycles. The number of β-amino-alcohol motifs (C(OH)–C–C–N with tert-alkyl or cyclic N) is 7. The third kappa shape index (κ3) is 23.4. The molecule has 0 aromatic rings. The monoisotopic (exact) mass is 1920 g/mol. The summed E-state index contributed by atoms with van der Waals surface area (Å²) in [6, 6.07) is -16.3. The highest BCUT2D eigenvalue weighted by Crippen LogP contribution is 2.34. The zero-order chi connectivity index (χ0) is 97.2. The number of hydrogen-bond acceptors (Lipinski definition) is 30. The fourth-order valence-corrected chi connectivity index (χ4v) is 21.7. The van der Waals surface area contributed by atoms with Crippen LogP contribution in [0.25, 0.3) is 0 Å². The molecule has 13 aliphatic heterocycles. The van der Waals surface area contributed by atoms with Crippen molar-refractivity contribution in [1.82, 2.24) is 107 Å². The normalized spacial score (nSPS) is 30.1. The maximum atomic E-state index is 14.5. The van der Waals surface area contributed by atoms with Gasteiger partial charge in [-0.2, -0.15) is 11.8 Å². The Hall–Kier alpha value is -11.1. The molecule has 13 fully saturated rings. The fraction of sp³-hybridized carbons (Fsp3) is 0.750. The average molecular weight is 1920 g/mol. The number of carboxylic acids is 1. The van der Waals surface area contributed by atoms with Crippen LogP contribution in [0.15, 0.2) is 0 Å². The lowest BCUT2D eigenvalue weighted by molar-refractivity contribution is -0.148. The third-order valence-corrected chi connectivity index (χ3v) is 28.5. The predicted molar refractivity (Wildman–Crippen MR) is 461 cm³/mol. The molecule has 17 N–H and O–H groups in total. The smallest absolute Gasteiger partial charge is 0.322 e. The van der Waals surface area contributed by atoms with Crippen LogP contribution in [0.1, 0.15) is 128 Å². The molecule has 0 spiro atoms. The van der Waals surface area contributed by atoms with Gasteiger partial charge in [-0.25, -0.2) is 0 Å². The molecular weight excluding hydrogens is 1800 g/mol. The molecule has 0 bridgehead atoms. The van der Waals surface area contributed by atoms with Crippen LogP contribution >= 0.6 is 11.8 Å². The number of aliphatic hydroxyl groups excluding tert-OH is 7. The third-order valence-electron chi connectivity index (χ3n) is 27.9. The number of carbonyl (C=O) groups excluding carboxylic acids is 20. The van der Waals surface area contributed by atoms with Crippen LogP contribution in [0.3, 0.4) is 0 Å². The molecule has 13 heterocycles. The molecule has 13 rings (SSSR count). The Morgan fingerprint density at radius 3 is 0.770 bits per heavy atom. The van der Waals surface area contributed by atoms with E-state index in [4.69, 9.17) is 5.11 Å². The van der Waals surface area contributed by atoms with Gasteiger partial charge in [-0.1, -0.05) is 0 Å². The maximum Gasteiger partial charge on any atom is 0.322 e. The summed E-state index contributed by atoms with van der Waals surface area (Å²) in [7, 11) is 0. The standard InChI is InChI=1S/C84H123N21O29S/c1-135-21-14-50(71(121)86-30-65(114)101-38-45(108)24-59(101)84(134)99-20-7-13-57(99)77(127)92-36-70(119)120)93-78(128)58-23-44(107)37-100(58)64(113)31-87-73(123)53-9-3-16-95(53)80(130)61-26-47(110)40-103(61)67(116)33-89-75(125)55-11-5-18-97(55)82(132)63-28-49(112)42-105(63)69(118)35-91-76(126)56-12-6-19-98(56)83(133)62-27-48(111)41-104(62)68(117)34-90-74(124)54-10-4-17-96(54)81(131)60-25-46(109)39-102(60)66(115)32-88-72(122)52-8-2-15-94(52)79(129)51-22-43(106)29-85-51/h43-63,85,106-112H,2-42H2,1H3,(H,86,121)(H,87,123)(H,88,122)(H,89,125)(H,90,124)(H,91,126)(H,92,127)(H,93,128)(H,119,120)/t43-,44-,45-,46-,47-,48-,49-,50+,51+,52+,53+,54+,55+,56+,57+,58+,59+,60+,61+,62+,63+/m1/s1. The van der Waals surface area contributed by atoms with Gasteiger partial charge in [0.2, 0.25) is 118 Å². The first-order valence-corrected chi connectivity index (χ1v) is 47.8. The van der Waals surface area contributed by atoms with Crippen molar-refractivity contribution in [3.63, 3.8) is 0 Å². The highest BCUT2D eigenvalue weighted by atomic mass is 32.2. The summed E-state index contributed by atoms with van der Waals surface area (Å²) in [6.45, 7) is -5.88. The first-order valence-electron chi connectivity index (χ1n) is 46.4. The molecule has 135 heavy (non-hydrogen) atoms. The Bertz CT molecular complexity index is 4580. The number of thioether (sulfide) groups is 1. The van der Waals surface area contributed by atoms with Crippen molar-refractivity contribution in [3.05, 3.63) is 0 Å². The van der Waals surface area contributed by atoms with Crippen molar-refractivity contribution >= 4 is 136 Å². The van der Waals surface area contributed by atoms with Crippen LogP contribution in [0, 0.1) is 0 Å². The van der Waals surface area contributed by atoms with E-state index in [1.807, 2.05) is 0 Å². The zero-order valence-corrected chi connectivity index (χ0v) is 75.9. The van der Waals surface area contributed by atoms with E-state index in [1.165, 1.54) is 41.2 Å². The fourth-order valence-electron chi connectivity index (χ4n) is 21.2. The van der Waals surface area contributed by atoms with Gasteiger partial charge >= 0.3 is 5.97 Å². The second-order valence-corrected chi connectivity index (χ2v) is 37.9. The van der Waals surface area contributed by atoms with Crippen molar-refractivity contribution in [2.24, 2.45) is 0 Å². The molecule has 13 aliphatic rings. The molecule has 51 heteroatoms. The maximum absolute atomic E-state index is 14.5. The van der Waals surface area contributed by atoms with Crippen LogP contribution in [-0.2, 0) is 101 Å². The van der Waals surface area contributed by atoms with Crippen LogP contribution in [-0.4, -0.2) is 494 Å². The number of hydrogen-bond donors (Lipinski definition) is 17. The Balaban J connectivity index is 0.537. The van der Waals surface area contributed by atoms with Crippen LogP contribution in [0.5, 0.6) is 0 Å². The minimum atomic E-state index is -1.36. The zero-order valence-electron chi connectivity index (χ0n) is 75.0. The van der Waals surface area contributed by atoms with Crippen molar-refractivity contribution in [2.75, 3.05) is 143 Å². The molecular formula is C84H123N21O29S. The number of likely N-dealkylation sites (tertiary alicyclic amines) is 12. The Morgan fingerprint density at radius 2 is 0.526 bits per heavy atom. The first kappa shape index (κ1) is 101. The summed E-state index contributed by atoms with van der Waals surface area (Å²) in [5.41, 5.74) is 0. The summed E-state index contributed by atoms with van der Waals surface area (Å²) in [5, 5.41) is 107. The minimum Gasteiger partial charge on any atom is -0.480 e. The second-order valence-electron chi connectivity index (χ2n) is 37.0. The lowest BCUT2D eigenvalue weighted by atomic mass is 10.1. The molecule has 0 aromatic carbocycles. The van der Waals surface area contributed by atoms with Crippen LogP contribution < -0.4 is 47.9 Å². The number of carbonyl (C=O) groups is 21. The number of aliphatic carboxylic acids is 1. The Kier molecular flexibility index (Phi) is 33.6. The first-order chi connectivity index (χ1) is 64.4. The van der Waals surface area contributed by atoms with Gasteiger partial charge in [0.15, 0.2) is 0 Å². The number of nitrogens with zero attached hydrogens (tertiary/aromatic N) is 12. The van der Waals surface area contributed by atoms with Gasteiger partial charge in [0, 0.05) is 124 Å². The summed E-state index contributed by atoms with van der Waals surface area (Å²) in [4.78, 5) is 303. The highest BCUT2D eigenvalue weighted by Gasteiger charge is 2.54. The Morgan fingerprint density at radius 1 is 0.289 bits per heavy atom. The SMILES string of the molecule is CSCC[C@H](NC(=O)[C@@H]1C[C@@H](O)CN1C(=O)CNC(=O)[C@@H]1CCCN1C(=O)[C@@H]1C[C@@H](O)CN1C(=O)CNC(=O)[C@@H]1CCCN1C(=O)[C@@H]1C[C@@H](O)CN1C(=O)CNC(=O)[C@@H]1CCCN1C(=O)[C@@H]1C[C@@H](O)CN1C(=O)CNC(=O)[C@@H]1CCCN1C(=O)[C@@H]1C[C@@H](O)CN1C(=O)CNC(=O)[C@@H]1CCCN1C(=O)[C@@H]1C[C@@H](O)CN1)C(=O)NCC(=O)N1C[C@H](O)C[C@H]1C(=O)N1CCC[C@H]1C(=O)NCC(=O)O. The van der Waals surface area contributed by atoms with E-state index in [9.17, 15) is 136 Å².